The zero-order valence-corrected chi connectivity index (χ0v) is 17.4. The molecule has 0 unspecified atom stereocenters. The van der Waals surface area contributed by atoms with Gasteiger partial charge in [0.25, 0.3) is 11.2 Å². The number of hydrogen-bond acceptors (Lipinski definition) is 9. The largest absolute Gasteiger partial charge is 0.378 e. The monoisotopic (exact) mass is 445 g/mol. The molecule has 0 bridgehead atoms. The van der Waals surface area contributed by atoms with Gasteiger partial charge in [0.15, 0.2) is 0 Å². The van der Waals surface area contributed by atoms with Gasteiger partial charge in [0.2, 0.25) is 5.95 Å². The molecule has 11 heteroatoms. The first-order valence-electron chi connectivity index (χ1n) is 10.1. The molecule has 166 valence electrons. The third-order valence-corrected chi connectivity index (χ3v) is 5.03. The zero-order valence-electron chi connectivity index (χ0n) is 17.4. The number of aromatic amines is 1. The average molecular weight is 445 g/mol. The van der Waals surface area contributed by atoms with Crippen molar-refractivity contribution in [2.24, 2.45) is 5.10 Å². The molecule has 2 heterocycles. The van der Waals surface area contributed by atoms with Gasteiger partial charge in [-0.05, 0) is 6.07 Å². The molecule has 0 spiro atoms. The van der Waals surface area contributed by atoms with Crippen molar-refractivity contribution in [1.82, 2.24) is 9.97 Å². The topological polar surface area (TPSA) is 150 Å². The van der Waals surface area contributed by atoms with Crippen LogP contribution in [-0.4, -0.2) is 47.4 Å². The van der Waals surface area contributed by atoms with Crippen LogP contribution < -0.4 is 15.9 Å². The highest BCUT2D eigenvalue weighted by molar-refractivity contribution is 5.89. The fourth-order valence-corrected chi connectivity index (χ4v) is 3.45. The summed E-state index contributed by atoms with van der Waals surface area (Å²) in [4.78, 5) is 32.0. The predicted molar refractivity (Wildman–Crippen MR) is 122 cm³/mol. The number of non-ortho nitro benzene ring substituents is 1. The van der Waals surface area contributed by atoms with Gasteiger partial charge in [-0.2, -0.15) is 10.4 Å². The Balaban J connectivity index is 1.65. The van der Waals surface area contributed by atoms with Gasteiger partial charge in [0.05, 0.1) is 30.0 Å². The first-order valence-corrected chi connectivity index (χ1v) is 10.1. The van der Waals surface area contributed by atoms with E-state index in [1.807, 2.05) is 12.1 Å². The SMILES string of the molecule is N#Cc1c(-c2ccccc2)nc(NN=Cc2cc([N+](=O)[O-])ccc2N2CCOCC2)[nH]c1=O. The normalized spacial score (nSPS) is 13.6. The van der Waals surface area contributed by atoms with Crippen LogP contribution in [0.1, 0.15) is 11.1 Å². The Bertz CT molecular complexity index is 1290. The van der Waals surface area contributed by atoms with E-state index >= 15 is 0 Å². The Morgan fingerprint density at radius 2 is 2.00 bits per heavy atom. The van der Waals surface area contributed by atoms with E-state index in [4.69, 9.17) is 4.74 Å². The maximum atomic E-state index is 12.4. The van der Waals surface area contributed by atoms with Crippen molar-refractivity contribution in [2.75, 3.05) is 36.6 Å². The molecule has 0 radical (unpaired) electrons. The molecule has 1 aromatic heterocycles. The van der Waals surface area contributed by atoms with Crippen LogP contribution in [0.15, 0.2) is 58.4 Å². The number of H-pyrrole nitrogens is 1. The van der Waals surface area contributed by atoms with Crippen molar-refractivity contribution in [2.45, 2.75) is 0 Å². The number of anilines is 2. The third-order valence-electron chi connectivity index (χ3n) is 5.03. The molecule has 0 aliphatic carbocycles. The van der Waals surface area contributed by atoms with Gasteiger partial charge < -0.3 is 9.64 Å². The number of benzene rings is 2. The summed E-state index contributed by atoms with van der Waals surface area (Å²) in [6.07, 6.45) is 1.43. The Morgan fingerprint density at radius 3 is 2.70 bits per heavy atom. The number of morpholine rings is 1. The minimum absolute atomic E-state index is 0.0347. The van der Waals surface area contributed by atoms with Crippen molar-refractivity contribution in [3.8, 4) is 17.3 Å². The number of nitro benzene ring substituents is 1. The quantitative estimate of drug-likeness (QED) is 0.334. The third kappa shape index (κ3) is 4.86. The number of rotatable bonds is 6. The van der Waals surface area contributed by atoms with E-state index in [-0.39, 0.29) is 22.9 Å². The van der Waals surface area contributed by atoms with Gasteiger partial charge >= 0.3 is 0 Å². The second-order valence-electron chi connectivity index (χ2n) is 7.09. The lowest BCUT2D eigenvalue weighted by Gasteiger charge is -2.29. The second-order valence-corrected chi connectivity index (χ2v) is 7.09. The van der Waals surface area contributed by atoms with Crippen molar-refractivity contribution in [3.63, 3.8) is 0 Å². The predicted octanol–water partition coefficient (Wildman–Crippen LogP) is 2.50. The molecular formula is C22H19N7O4. The molecule has 11 nitrogen and oxygen atoms in total. The molecule has 1 aliphatic rings. The standard InChI is InChI=1S/C22H19N7O4/c23-13-18-20(15-4-2-1-3-5-15)25-22(26-21(18)30)27-24-14-16-12-17(29(31)32)6-7-19(16)28-8-10-33-11-9-28/h1-7,12,14H,8-11H2,(H2,25,26,27,30). The van der Waals surface area contributed by atoms with Crippen molar-refractivity contribution >= 4 is 23.5 Å². The Hall–Kier alpha value is -4.56. The van der Waals surface area contributed by atoms with Crippen LogP contribution >= 0.6 is 0 Å². The van der Waals surface area contributed by atoms with Crippen molar-refractivity contribution in [3.05, 3.63) is 80.1 Å². The van der Waals surface area contributed by atoms with Crippen LogP contribution in [0.2, 0.25) is 0 Å². The van der Waals surface area contributed by atoms with Gasteiger partial charge in [0.1, 0.15) is 11.6 Å². The maximum absolute atomic E-state index is 12.4. The minimum atomic E-state index is -0.603. The molecular weight excluding hydrogens is 426 g/mol. The lowest BCUT2D eigenvalue weighted by atomic mass is 10.1. The highest BCUT2D eigenvalue weighted by atomic mass is 16.6. The van der Waals surface area contributed by atoms with E-state index in [9.17, 15) is 20.2 Å². The number of nitrogens with one attached hydrogen (secondary N) is 2. The lowest BCUT2D eigenvalue weighted by Crippen LogP contribution is -2.36. The number of nitro groups is 1. The molecule has 2 aromatic carbocycles. The zero-order chi connectivity index (χ0) is 23.2. The van der Waals surface area contributed by atoms with E-state index in [1.54, 1.807) is 30.3 Å². The second kappa shape index (κ2) is 9.71. The molecule has 4 rings (SSSR count). The molecule has 0 atom stereocenters. The van der Waals surface area contributed by atoms with E-state index in [1.165, 1.54) is 18.3 Å². The molecule has 0 amide bonds. The summed E-state index contributed by atoms with van der Waals surface area (Å²) in [6, 6.07) is 15.3. The van der Waals surface area contributed by atoms with Crippen LogP contribution in [0.4, 0.5) is 17.3 Å². The molecule has 1 saturated heterocycles. The van der Waals surface area contributed by atoms with Gasteiger partial charge in [-0.3, -0.25) is 19.9 Å². The molecule has 0 saturated carbocycles. The van der Waals surface area contributed by atoms with E-state index in [0.717, 1.165) is 5.69 Å². The summed E-state index contributed by atoms with van der Waals surface area (Å²) < 4.78 is 5.38. The molecule has 33 heavy (non-hydrogen) atoms. The number of nitriles is 1. The van der Waals surface area contributed by atoms with E-state index in [0.29, 0.717) is 37.4 Å². The smallest absolute Gasteiger partial charge is 0.270 e. The molecule has 1 aliphatic heterocycles. The van der Waals surface area contributed by atoms with Gasteiger partial charge in [-0.25, -0.2) is 10.4 Å². The van der Waals surface area contributed by atoms with Crippen molar-refractivity contribution in [1.29, 1.82) is 5.26 Å². The van der Waals surface area contributed by atoms with Crippen LogP contribution in [0.3, 0.4) is 0 Å². The first kappa shape index (κ1) is 21.7. The summed E-state index contributed by atoms with van der Waals surface area (Å²) >= 11 is 0. The highest BCUT2D eigenvalue weighted by Gasteiger charge is 2.17. The number of aromatic nitrogens is 2. The van der Waals surface area contributed by atoms with Gasteiger partial charge in [-0.1, -0.05) is 30.3 Å². The van der Waals surface area contributed by atoms with Crippen LogP contribution in [0.25, 0.3) is 11.3 Å². The van der Waals surface area contributed by atoms with E-state index < -0.39 is 10.5 Å². The Kier molecular flexibility index (Phi) is 6.38. The molecule has 1 fully saturated rings. The molecule has 2 N–H and O–H groups in total. The summed E-state index contributed by atoms with van der Waals surface area (Å²) in [5, 5.41) is 24.7. The summed E-state index contributed by atoms with van der Waals surface area (Å²) in [5.41, 5.74) is 4.02. The fourth-order valence-electron chi connectivity index (χ4n) is 3.45. The van der Waals surface area contributed by atoms with E-state index in [2.05, 4.69) is 25.4 Å². The van der Waals surface area contributed by atoms with Crippen LogP contribution in [0.5, 0.6) is 0 Å². The summed E-state index contributed by atoms with van der Waals surface area (Å²) in [5.74, 6) is 0.0347. The number of hydrogen-bond donors (Lipinski definition) is 2. The Morgan fingerprint density at radius 1 is 1.24 bits per heavy atom. The number of nitrogens with zero attached hydrogens (tertiary/aromatic N) is 5. The van der Waals surface area contributed by atoms with Gasteiger partial charge in [0, 0.05) is 42.0 Å². The maximum Gasteiger partial charge on any atom is 0.270 e. The molecule has 3 aromatic rings. The van der Waals surface area contributed by atoms with Gasteiger partial charge in [-0.15, -0.1) is 0 Å². The fraction of sp³-hybridized carbons (Fsp3) is 0.182. The first-order chi connectivity index (χ1) is 16.1. The average Bonchev–Trinajstić information content (AvgIpc) is 2.84. The minimum Gasteiger partial charge on any atom is -0.378 e. The van der Waals surface area contributed by atoms with Crippen LogP contribution in [-0.2, 0) is 4.74 Å². The number of hydrazone groups is 1. The lowest BCUT2D eigenvalue weighted by molar-refractivity contribution is -0.384. The summed E-state index contributed by atoms with van der Waals surface area (Å²) in [7, 11) is 0. The Labute approximate surface area is 188 Å². The summed E-state index contributed by atoms with van der Waals surface area (Å²) in [6.45, 7) is 2.42. The number of ether oxygens (including phenoxy) is 1. The highest BCUT2D eigenvalue weighted by Crippen LogP contribution is 2.25. The van der Waals surface area contributed by atoms with Crippen LogP contribution in [0, 0.1) is 21.4 Å². The van der Waals surface area contributed by atoms with Crippen molar-refractivity contribution < 1.29 is 9.66 Å².